The zero-order valence-corrected chi connectivity index (χ0v) is 20.6. The van der Waals surface area contributed by atoms with Gasteiger partial charge < -0.3 is 15.0 Å². The van der Waals surface area contributed by atoms with Crippen LogP contribution < -0.4 is 5.32 Å². The van der Waals surface area contributed by atoms with Crippen LogP contribution in [0.25, 0.3) is 0 Å². The van der Waals surface area contributed by atoms with E-state index >= 15 is 0 Å². The summed E-state index contributed by atoms with van der Waals surface area (Å²) in [5, 5.41) is 3.42. The summed E-state index contributed by atoms with van der Waals surface area (Å²) >= 11 is 5.91. The van der Waals surface area contributed by atoms with Crippen molar-refractivity contribution in [3.63, 3.8) is 0 Å². The number of ether oxygens (including phenoxy) is 1. The average molecular weight is 506 g/mol. The Labute approximate surface area is 204 Å². The molecule has 0 aromatic heterocycles. The fourth-order valence-corrected chi connectivity index (χ4v) is 6.06. The monoisotopic (exact) mass is 505 g/mol. The lowest BCUT2D eigenvalue weighted by molar-refractivity contribution is -0.121. The molecule has 182 valence electrons. The molecule has 2 heterocycles. The molecule has 0 unspecified atom stereocenters. The largest absolute Gasteiger partial charge is 0.379 e. The first-order chi connectivity index (χ1) is 16.3. The Hall–Kier alpha value is -2.46. The molecule has 0 aliphatic carbocycles. The van der Waals surface area contributed by atoms with Gasteiger partial charge in [-0.2, -0.15) is 4.31 Å². The van der Waals surface area contributed by atoms with E-state index in [1.54, 1.807) is 48.2 Å². The maximum absolute atomic E-state index is 13.1. The number of hydrogen-bond donors (Lipinski definition) is 1. The molecule has 1 atom stereocenters. The molecule has 0 bridgehead atoms. The van der Waals surface area contributed by atoms with Gasteiger partial charge in [0.25, 0.3) is 5.91 Å². The molecule has 10 heteroatoms. The molecule has 0 radical (unpaired) electrons. The Kier molecular flexibility index (Phi) is 7.57. The molecule has 2 fully saturated rings. The van der Waals surface area contributed by atoms with E-state index in [4.69, 9.17) is 16.3 Å². The number of amides is 2. The number of carbonyl (C=O) groups is 2. The first-order valence-electron chi connectivity index (χ1n) is 11.3. The second kappa shape index (κ2) is 10.4. The van der Waals surface area contributed by atoms with Gasteiger partial charge in [-0.05, 0) is 61.7 Å². The SMILES string of the molecule is Cc1ccc(NC(=O)[C@H]2CCCN(C(=O)c3ccc(Cl)cc3)C2)cc1S(=O)(=O)N1CCOCC1. The van der Waals surface area contributed by atoms with Crippen molar-refractivity contribution < 1.29 is 22.7 Å². The van der Waals surface area contributed by atoms with Crippen molar-refractivity contribution in [3.05, 3.63) is 58.6 Å². The molecule has 8 nitrogen and oxygen atoms in total. The first kappa shape index (κ1) is 24.7. The predicted molar refractivity (Wildman–Crippen MR) is 129 cm³/mol. The summed E-state index contributed by atoms with van der Waals surface area (Å²) in [6, 6.07) is 11.6. The molecule has 0 saturated carbocycles. The highest BCUT2D eigenvalue weighted by Gasteiger charge is 2.31. The Balaban J connectivity index is 1.45. The fraction of sp³-hybridized carbons (Fsp3) is 0.417. The van der Waals surface area contributed by atoms with Crippen LogP contribution in [0.2, 0.25) is 5.02 Å². The number of rotatable bonds is 5. The Morgan fingerprint density at radius 3 is 2.47 bits per heavy atom. The van der Waals surface area contributed by atoms with Crippen LogP contribution in [0.5, 0.6) is 0 Å². The number of halogens is 1. The lowest BCUT2D eigenvalue weighted by atomic mass is 9.96. The number of carbonyl (C=O) groups excluding carboxylic acids is 2. The third-order valence-corrected chi connectivity index (χ3v) is 8.51. The third kappa shape index (κ3) is 5.43. The topological polar surface area (TPSA) is 96.0 Å². The molecular formula is C24H28ClN3O5S. The van der Waals surface area contributed by atoms with Gasteiger partial charge in [0, 0.05) is 42.5 Å². The second-order valence-electron chi connectivity index (χ2n) is 8.58. The number of anilines is 1. The van der Waals surface area contributed by atoms with Crippen molar-refractivity contribution in [2.24, 2.45) is 5.92 Å². The summed E-state index contributed by atoms with van der Waals surface area (Å²) in [5.74, 6) is -0.749. The minimum atomic E-state index is -3.69. The molecule has 2 aromatic rings. The van der Waals surface area contributed by atoms with Crippen molar-refractivity contribution in [1.29, 1.82) is 0 Å². The number of aryl methyl sites for hydroxylation is 1. The first-order valence-corrected chi connectivity index (χ1v) is 13.1. The number of benzene rings is 2. The minimum Gasteiger partial charge on any atom is -0.379 e. The van der Waals surface area contributed by atoms with Gasteiger partial charge in [-0.15, -0.1) is 0 Å². The maximum Gasteiger partial charge on any atom is 0.253 e. The van der Waals surface area contributed by atoms with Crippen molar-refractivity contribution in [3.8, 4) is 0 Å². The smallest absolute Gasteiger partial charge is 0.253 e. The van der Waals surface area contributed by atoms with E-state index in [-0.39, 0.29) is 22.6 Å². The number of piperidine rings is 1. The minimum absolute atomic E-state index is 0.136. The van der Waals surface area contributed by atoms with Gasteiger partial charge in [-0.1, -0.05) is 17.7 Å². The van der Waals surface area contributed by atoms with Crippen LogP contribution in [-0.2, 0) is 19.6 Å². The number of likely N-dealkylation sites (tertiary alicyclic amines) is 1. The number of morpholine rings is 1. The lowest BCUT2D eigenvalue weighted by Crippen LogP contribution is -2.43. The highest BCUT2D eigenvalue weighted by atomic mass is 35.5. The van der Waals surface area contributed by atoms with Crippen LogP contribution >= 0.6 is 11.6 Å². The molecule has 34 heavy (non-hydrogen) atoms. The van der Waals surface area contributed by atoms with Gasteiger partial charge in [0.15, 0.2) is 0 Å². The fourth-order valence-electron chi connectivity index (χ4n) is 4.28. The molecular weight excluding hydrogens is 478 g/mol. The van der Waals surface area contributed by atoms with Crippen LogP contribution in [0.4, 0.5) is 5.69 Å². The van der Waals surface area contributed by atoms with E-state index in [1.165, 1.54) is 10.4 Å². The predicted octanol–water partition coefficient (Wildman–Crippen LogP) is 3.16. The Bertz CT molecular complexity index is 1160. The van der Waals surface area contributed by atoms with Crippen LogP contribution in [0.1, 0.15) is 28.8 Å². The van der Waals surface area contributed by atoms with Gasteiger partial charge in [0.05, 0.1) is 24.0 Å². The normalized spacial score (nSPS) is 19.6. The van der Waals surface area contributed by atoms with Gasteiger partial charge in [0.1, 0.15) is 0 Å². The van der Waals surface area contributed by atoms with Gasteiger partial charge in [-0.3, -0.25) is 9.59 Å². The zero-order chi connectivity index (χ0) is 24.3. The van der Waals surface area contributed by atoms with E-state index in [9.17, 15) is 18.0 Å². The Morgan fingerprint density at radius 2 is 1.76 bits per heavy atom. The third-order valence-electron chi connectivity index (χ3n) is 6.21. The van der Waals surface area contributed by atoms with Gasteiger partial charge >= 0.3 is 0 Å². The zero-order valence-electron chi connectivity index (χ0n) is 19.0. The van der Waals surface area contributed by atoms with E-state index < -0.39 is 10.0 Å². The lowest BCUT2D eigenvalue weighted by Gasteiger charge is -2.32. The Morgan fingerprint density at radius 1 is 1.06 bits per heavy atom. The molecule has 4 rings (SSSR count). The van der Waals surface area contributed by atoms with Crippen molar-refractivity contribution >= 4 is 39.1 Å². The van der Waals surface area contributed by atoms with E-state index in [0.29, 0.717) is 74.1 Å². The van der Waals surface area contributed by atoms with Crippen molar-refractivity contribution in [2.75, 3.05) is 44.7 Å². The summed E-state index contributed by atoms with van der Waals surface area (Å²) in [5.41, 5.74) is 1.56. The van der Waals surface area contributed by atoms with Crippen molar-refractivity contribution in [1.82, 2.24) is 9.21 Å². The molecule has 2 saturated heterocycles. The van der Waals surface area contributed by atoms with Crippen LogP contribution in [0.3, 0.4) is 0 Å². The molecule has 2 amide bonds. The quantitative estimate of drug-likeness (QED) is 0.673. The highest BCUT2D eigenvalue weighted by Crippen LogP contribution is 2.26. The molecule has 0 spiro atoms. The summed E-state index contributed by atoms with van der Waals surface area (Å²) < 4.78 is 32.9. The van der Waals surface area contributed by atoms with Crippen LogP contribution in [-0.4, -0.2) is 68.8 Å². The average Bonchev–Trinajstić information content (AvgIpc) is 2.85. The van der Waals surface area contributed by atoms with Crippen LogP contribution in [0.15, 0.2) is 47.4 Å². The van der Waals surface area contributed by atoms with Gasteiger partial charge in [-0.25, -0.2) is 8.42 Å². The van der Waals surface area contributed by atoms with Crippen LogP contribution in [0, 0.1) is 12.8 Å². The number of hydrogen-bond acceptors (Lipinski definition) is 5. The molecule has 2 aliphatic heterocycles. The molecule has 1 N–H and O–H groups in total. The summed E-state index contributed by atoms with van der Waals surface area (Å²) in [4.78, 5) is 27.7. The number of nitrogens with one attached hydrogen (secondary N) is 1. The summed E-state index contributed by atoms with van der Waals surface area (Å²) in [6.45, 7) is 3.95. The second-order valence-corrected chi connectivity index (χ2v) is 10.9. The van der Waals surface area contributed by atoms with Gasteiger partial charge in [0.2, 0.25) is 15.9 Å². The van der Waals surface area contributed by atoms with E-state index in [0.717, 1.165) is 0 Å². The van der Waals surface area contributed by atoms with E-state index in [1.807, 2.05) is 0 Å². The molecule has 2 aliphatic rings. The maximum atomic E-state index is 13.1. The molecule has 2 aromatic carbocycles. The number of sulfonamides is 1. The summed E-state index contributed by atoms with van der Waals surface area (Å²) in [6.07, 6.45) is 1.36. The number of nitrogens with zero attached hydrogens (tertiary/aromatic N) is 2. The highest BCUT2D eigenvalue weighted by molar-refractivity contribution is 7.89. The summed E-state index contributed by atoms with van der Waals surface area (Å²) in [7, 11) is -3.69. The standard InChI is InChI=1S/C24H28ClN3O5S/c1-17-4-9-21(15-22(17)34(31,32)28-11-13-33-14-12-28)26-23(29)19-3-2-10-27(16-19)24(30)18-5-7-20(25)8-6-18/h4-9,15,19H,2-3,10-14,16H2,1H3,(H,26,29)/t19-/m0/s1. The van der Waals surface area contributed by atoms with Crippen molar-refractivity contribution in [2.45, 2.75) is 24.7 Å². The van der Waals surface area contributed by atoms with E-state index in [2.05, 4.69) is 5.32 Å².